The molecule has 6 nitrogen and oxygen atoms in total. The molecular weight excluding hydrogens is 298 g/mol. The van der Waals surface area contributed by atoms with Crippen molar-refractivity contribution in [2.45, 2.75) is 50.3 Å². The summed E-state index contributed by atoms with van der Waals surface area (Å²) < 4.78 is 23.9. The SMILES string of the molecule is CCCCCS(=O)(=O)c1nnc(C(=O)NCCCC)s1. The van der Waals surface area contributed by atoms with Gasteiger partial charge in [-0.15, -0.1) is 10.2 Å². The summed E-state index contributed by atoms with van der Waals surface area (Å²) in [5.74, 6) is -0.293. The Morgan fingerprint density at radius 1 is 1.15 bits per heavy atom. The van der Waals surface area contributed by atoms with Crippen molar-refractivity contribution in [3.8, 4) is 0 Å². The summed E-state index contributed by atoms with van der Waals surface area (Å²) >= 11 is 0.842. The first-order valence-electron chi connectivity index (χ1n) is 6.85. The quantitative estimate of drug-likeness (QED) is 0.703. The summed E-state index contributed by atoms with van der Waals surface area (Å²) in [6, 6.07) is 0. The van der Waals surface area contributed by atoms with Crippen LogP contribution in [0.4, 0.5) is 0 Å². The van der Waals surface area contributed by atoms with E-state index in [0.717, 1.165) is 37.0 Å². The monoisotopic (exact) mass is 319 g/mol. The second kappa shape index (κ2) is 8.31. The van der Waals surface area contributed by atoms with E-state index in [-0.39, 0.29) is 21.0 Å². The Morgan fingerprint density at radius 2 is 1.85 bits per heavy atom. The molecule has 0 aliphatic heterocycles. The van der Waals surface area contributed by atoms with Crippen LogP contribution in [-0.4, -0.2) is 36.8 Å². The molecule has 0 aromatic carbocycles. The van der Waals surface area contributed by atoms with Crippen LogP contribution in [0.5, 0.6) is 0 Å². The summed E-state index contributed by atoms with van der Waals surface area (Å²) in [6.45, 7) is 4.60. The molecular formula is C12H21N3O3S2. The van der Waals surface area contributed by atoms with Crippen LogP contribution in [0.15, 0.2) is 4.34 Å². The van der Waals surface area contributed by atoms with Gasteiger partial charge in [-0.2, -0.15) is 0 Å². The van der Waals surface area contributed by atoms with E-state index in [0.29, 0.717) is 13.0 Å². The number of carbonyl (C=O) groups excluding carboxylic acids is 1. The number of carbonyl (C=O) groups is 1. The molecule has 0 atom stereocenters. The first-order chi connectivity index (χ1) is 9.51. The van der Waals surface area contributed by atoms with Crippen molar-refractivity contribution in [3.63, 3.8) is 0 Å². The van der Waals surface area contributed by atoms with Gasteiger partial charge in [0.05, 0.1) is 5.75 Å². The Kier molecular flexibility index (Phi) is 7.08. The maximum absolute atomic E-state index is 12.0. The van der Waals surface area contributed by atoms with Crippen LogP contribution in [-0.2, 0) is 9.84 Å². The number of aromatic nitrogens is 2. The van der Waals surface area contributed by atoms with E-state index >= 15 is 0 Å². The van der Waals surface area contributed by atoms with Gasteiger partial charge in [0.15, 0.2) is 0 Å². The highest BCUT2D eigenvalue weighted by atomic mass is 32.2. The number of sulfone groups is 1. The van der Waals surface area contributed by atoms with Crippen LogP contribution in [0.1, 0.15) is 55.8 Å². The van der Waals surface area contributed by atoms with E-state index in [4.69, 9.17) is 0 Å². The minimum atomic E-state index is -3.41. The van der Waals surface area contributed by atoms with E-state index in [1.54, 1.807) is 0 Å². The van der Waals surface area contributed by atoms with Crippen LogP contribution in [0.25, 0.3) is 0 Å². The summed E-state index contributed by atoms with van der Waals surface area (Å²) in [7, 11) is -3.41. The van der Waals surface area contributed by atoms with Crippen molar-refractivity contribution in [2.24, 2.45) is 0 Å². The van der Waals surface area contributed by atoms with Crippen molar-refractivity contribution in [1.82, 2.24) is 15.5 Å². The topological polar surface area (TPSA) is 89.0 Å². The lowest BCUT2D eigenvalue weighted by Gasteiger charge is -2.00. The van der Waals surface area contributed by atoms with E-state index < -0.39 is 9.84 Å². The highest BCUT2D eigenvalue weighted by Crippen LogP contribution is 2.18. The minimum absolute atomic E-state index is 0.0609. The summed E-state index contributed by atoms with van der Waals surface area (Å²) in [5, 5.41) is 10.1. The Bertz CT molecular complexity index is 526. The van der Waals surface area contributed by atoms with E-state index in [1.807, 2.05) is 13.8 Å². The lowest BCUT2D eigenvalue weighted by atomic mass is 10.3. The zero-order chi connectivity index (χ0) is 15.0. The number of nitrogens with zero attached hydrogens (tertiary/aromatic N) is 2. The molecule has 8 heteroatoms. The predicted molar refractivity (Wildman–Crippen MR) is 78.7 cm³/mol. The number of hydrogen-bond acceptors (Lipinski definition) is 6. The molecule has 114 valence electrons. The molecule has 1 aromatic heterocycles. The highest BCUT2D eigenvalue weighted by Gasteiger charge is 2.22. The van der Waals surface area contributed by atoms with E-state index in [2.05, 4.69) is 15.5 Å². The van der Waals surface area contributed by atoms with Crippen LogP contribution >= 0.6 is 11.3 Å². The summed E-state index contributed by atoms with van der Waals surface area (Å²) in [5.41, 5.74) is 0. The molecule has 0 aliphatic carbocycles. The molecule has 0 fully saturated rings. The third kappa shape index (κ3) is 5.16. The molecule has 0 radical (unpaired) electrons. The molecule has 0 aliphatic rings. The van der Waals surface area contributed by atoms with Gasteiger partial charge in [-0.05, 0) is 12.8 Å². The fourth-order valence-corrected chi connectivity index (χ4v) is 3.92. The molecule has 0 saturated carbocycles. The van der Waals surface area contributed by atoms with Gasteiger partial charge in [0, 0.05) is 6.54 Å². The van der Waals surface area contributed by atoms with Crippen LogP contribution in [0.2, 0.25) is 0 Å². The summed E-state index contributed by atoms with van der Waals surface area (Å²) in [6.07, 6.45) is 4.29. The molecule has 0 bridgehead atoms. The standard InChI is InChI=1S/C12H21N3O3S2/c1-3-5-7-9-20(17,18)12-15-14-11(19-12)10(16)13-8-6-4-2/h3-9H2,1-2H3,(H,13,16). The number of nitrogens with one attached hydrogen (secondary N) is 1. The zero-order valence-electron chi connectivity index (χ0n) is 11.9. The number of amides is 1. The molecule has 1 amide bonds. The molecule has 20 heavy (non-hydrogen) atoms. The Morgan fingerprint density at radius 3 is 2.50 bits per heavy atom. The van der Waals surface area contributed by atoms with Crippen LogP contribution < -0.4 is 5.32 Å². The normalized spacial score (nSPS) is 11.5. The first-order valence-corrected chi connectivity index (χ1v) is 9.32. The molecule has 1 N–H and O–H groups in total. The van der Waals surface area contributed by atoms with Crippen molar-refractivity contribution in [1.29, 1.82) is 0 Å². The second-order valence-corrected chi connectivity index (χ2v) is 7.77. The smallest absolute Gasteiger partial charge is 0.282 e. The fourth-order valence-electron chi connectivity index (χ4n) is 1.51. The lowest BCUT2D eigenvalue weighted by molar-refractivity contribution is 0.0952. The van der Waals surface area contributed by atoms with Gasteiger partial charge in [-0.1, -0.05) is 44.4 Å². The van der Waals surface area contributed by atoms with Gasteiger partial charge >= 0.3 is 0 Å². The first kappa shape index (κ1) is 17.0. The molecule has 1 aromatic rings. The van der Waals surface area contributed by atoms with Gasteiger partial charge in [-0.3, -0.25) is 4.79 Å². The molecule has 1 heterocycles. The maximum atomic E-state index is 12.0. The average Bonchev–Trinajstić information content (AvgIpc) is 2.89. The highest BCUT2D eigenvalue weighted by molar-refractivity contribution is 7.93. The third-order valence-corrected chi connectivity index (χ3v) is 5.87. The van der Waals surface area contributed by atoms with Crippen molar-refractivity contribution in [3.05, 3.63) is 5.01 Å². The molecule has 1 rings (SSSR count). The number of unbranched alkanes of at least 4 members (excludes halogenated alkanes) is 3. The Hall–Kier alpha value is -1.02. The largest absolute Gasteiger partial charge is 0.350 e. The van der Waals surface area contributed by atoms with E-state index in [1.165, 1.54) is 0 Å². The summed E-state index contributed by atoms with van der Waals surface area (Å²) in [4.78, 5) is 11.7. The van der Waals surface area contributed by atoms with Gasteiger partial charge in [0.1, 0.15) is 0 Å². The van der Waals surface area contributed by atoms with Gasteiger partial charge in [0.2, 0.25) is 19.2 Å². The minimum Gasteiger partial charge on any atom is -0.350 e. The number of rotatable bonds is 9. The third-order valence-electron chi connectivity index (χ3n) is 2.70. The molecule has 0 unspecified atom stereocenters. The lowest BCUT2D eigenvalue weighted by Crippen LogP contribution is -2.24. The van der Waals surface area contributed by atoms with Gasteiger partial charge in [-0.25, -0.2) is 8.42 Å². The van der Waals surface area contributed by atoms with Crippen LogP contribution in [0, 0.1) is 0 Å². The van der Waals surface area contributed by atoms with E-state index in [9.17, 15) is 13.2 Å². The van der Waals surface area contributed by atoms with Gasteiger partial charge < -0.3 is 5.32 Å². The van der Waals surface area contributed by atoms with Crippen molar-refractivity contribution < 1.29 is 13.2 Å². The number of hydrogen-bond donors (Lipinski definition) is 1. The van der Waals surface area contributed by atoms with Gasteiger partial charge in [0.25, 0.3) is 5.91 Å². The maximum Gasteiger partial charge on any atom is 0.282 e. The fraction of sp³-hybridized carbons (Fsp3) is 0.750. The Balaban J connectivity index is 2.64. The average molecular weight is 319 g/mol. The second-order valence-electron chi connectivity index (χ2n) is 4.51. The van der Waals surface area contributed by atoms with Crippen molar-refractivity contribution in [2.75, 3.05) is 12.3 Å². The molecule has 0 saturated heterocycles. The zero-order valence-corrected chi connectivity index (χ0v) is 13.5. The Labute approximate surface area is 123 Å². The van der Waals surface area contributed by atoms with Crippen LogP contribution in [0.3, 0.4) is 0 Å². The predicted octanol–water partition coefficient (Wildman–Crippen LogP) is 2.03. The molecule has 0 spiro atoms. The van der Waals surface area contributed by atoms with Crippen molar-refractivity contribution >= 4 is 27.1 Å².